The first kappa shape index (κ1) is 15.6. The Morgan fingerprint density at radius 3 is 2.61 bits per heavy atom. The Bertz CT molecular complexity index is 503. The van der Waals surface area contributed by atoms with Gasteiger partial charge in [0.2, 0.25) is 10.0 Å². The molecule has 0 spiro atoms. The number of nitrogens with one attached hydrogen (secondary N) is 2. The highest BCUT2D eigenvalue weighted by Crippen LogP contribution is 2.23. The maximum Gasteiger partial charge on any atom is 0.241 e. The first-order valence-corrected chi connectivity index (χ1v) is 8.13. The topological polar surface area (TPSA) is 58.2 Å². The maximum absolute atomic E-state index is 12.2. The van der Waals surface area contributed by atoms with E-state index in [1.807, 2.05) is 27.0 Å². The lowest BCUT2D eigenvalue weighted by atomic mass is 10.2. The molecule has 0 aliphatic heterocycles. The van der Waals surface area contributed by atoms with Gasteiger partial charge in [0.1, 0.15) is 0 Å². The Hall–Kier alpha value is -0.430. The van der Waals surface area contributed by atoms with Crippen molar-refractivity contribution >= 4 is 26.0 Å². The largest absolute Gasteiger partial charge is 0.316 e. The summed E-state index contributed by atoms with van der Waals surface area (Å²) in [5, 5.41) is 3.00. The second kappa shape index (κ2) is 6.65. The van der Waals surface area contributed by atoms with E-state index in [-0.39, 0.29) is 10.9 Å². The number of halogens is 1. The van der Waals surface area contributed by atoms with Crippen LogP contribution >= 0.6 is 15.9 Å². The van der Waals surface area contributed by atoms with Crippen LogP contribution in [0.25, 0.3) is 0 Å². The highest BCUT2D eigenvalue weighted by Gasteiger charge is 2.19. The van der Waals surface area contributed by atoms with E-state index in [4.69, 9.17) is 0 Å². The van der Waals surface area contributed by atoms with E-state index in [1.165, 1.54) is 0 Å². The van der Waals surface area contributed by atoms with Crippen LogP contribution in [-0.2, 0) is 16.6 Å². The molecule has 6 heteroatoms. The van der Waals surface area contributed by atoms with Gasteiger partial charge >= 0.3 is 0 Å². The first-order valence-electron chi connectivity index (χ1n) is 5.86. The van der Waals surface area contributed by atoms with E-state index in [1.54, 1.807) is 12.1 Å². The molecule has 0 heterocycles. The van der Waals surface area contributed by atoms with Crippen molar-refractivity contribution in [1.82, 2.24) is 10.0 Å². The average Bonchev–Trinajstić information content (AvgIpc) is 2.31. The van der Waals surface area contributed by atoms with Crippen molar-refractivity contribution in [2.24, 2.45) is 0 Å². The highest BCUT2D eigenvalue weighted by molar-refractivity contribution is 9.10. The summed E-state index contributed by atoms with van der Waals surface area (Å²) in [6.07, 6.45) is 0.757. The molecule has 0 aliphatic carbocycles. The normalized spacial score (nSPS) is 13.6. The molecule has 1 unspecified atom stereocenters. The summed E-state index contributed by atoms with van der Waals surface area (Å²) < 4.78 is 27.7. The van der Waals surface area contributed by atoms with Gasteiger partial charge in [-0.05, 0) is 54.0 Å². The van der Waals surface area contributed by atoms with E-state index in [0.29, 0.717) is 11.0 Å². The van der Waals surface area contributed by atoms with Crippen molar-refractivity contribution in [2.75, 3.05) is 7.05 Å². The predicted octanol–water partition coefficient (Wildman–Crippen LogP) is 2.25. The highest BCUT2D eigenvalue weighted by atomic mass is 79.9. The predicted molar refractivity (Wildman–Crippen MR) is 77.0 cm³/mol. The van der Waals surface area contributed by atoms with Crippen LogP contribution in [0.3, 0.4) is 0 Å². The summed E-state index contributed by atoms with van der Waals surface area (Å²) in [7, 11) is -1.64. The van der Waals surface area contributed by atoms with Crippen LogP contribution in [0.2, 0.25) is 0 Å². The molecule has 1 aromatic carbocycles. The molecule has 1 rings (SSSR count). The third-order valence-corrected chi connectivity index (χ3v) is 5.22. The summed E-state index contributed by atoms with van der Waals surface area (Å²) in [6, 6.07) is 5.27. The lowest BCUT2D eigenvalue weighted by Gasteiger charge is -2.14. The minimum Gasteiger partial charge on any atom is -0.316 e. The molecule has 0 radical (unpaired) electrons. The smallest absolute Gasteiger partial charge is 0.241 e. The van der Waals surface area contributed by atoms with Crippen LogP contribution in [0, 0.1) is 0 Å². The zero-order valence-corrected chi connectivity index (χ0v) is 13.2. The molecule has 0 bridgehead atoms. The number of hydrogen-bond acceptors (Lipinski definition) is 3. The van der Waals surface area contributed by atoms with Gasteiger partial charge in [-0.3, -0.25) is 0 Å². The third kappa shape index (κ3) is 4.05. The van der Waals surface area contributed by atoms with Gasteiger partial charge in [0.05, 0.1) is 4.90 Å². The maximum atomic E-state index is 12.2. The lowest BCUT2D eigenvalue weighted by molar-refractivity contribution is 0.555. The Morgan fingerprint density at radius 1 is 1.39 bits per heavy atom. The molecule has 1 atom stereocenters. The molecular formula is C12H19BrN2O2S. The summed E-state index contributed by atoms with van der Waals surface area (Å²) in [6.45, 7) is 4.43. The van der Waals surface area contributed by atoms with Crippen LogP contribution in [0.15, 0.2) is 27.6 Å². The van der Waals surface area contributed by atoms with Crippen molar-refractivity contribution in [3.05, 3.63) is 28.2 Å². The summed E-state index contributed by atoms with van der Waals surface area (Å²) in [4.78, 5) is 0.288. The zero-order valence-electron chi connectivity index (χ0n) is 10.8. The van der Waals surface area contributed by atoms with Crippen molar-refractivity contribution in [3.8, 4) is 0 Å². The van der Waals surface area contributed by atoms with Crippen LogP contribution in [0.5, 0.6) is 0 Å². The molecule has 0 aliphatic rings. The summed E-state index contributed by atoms with van der Waals surface area (Å²) >= 11 is 3.29. The van der Waals surface area contributed by atoms with Gasteiger partial charge in [-0.1, -0.05) is 13.0 Å². The number of benzene rings is 1. The van der Waals surface area contributed by atoms with E-state index in [0.717, 1.165) is 12.0 Å². The first-order chi connectivity index (χ1) is 8.40. The molecule has 2 N–H and O–H groups in total. The molecule has 102 valence electrons. The Balaban J connectivity index is 3.10. The van der Waals surface area contributed by atoms with Crippen molar-refractivity contribution in [2.45, 2.75) is 37.8 Å². The van der Waals surface area contributed by atoms with Crippen LogP contribution in [0.4, 0.5) is 0 Å². The summed E-state index contributed by atoms with van der Waals surface area (Å²) in [5.41, 5.74) is 0.935. The molecule has 18 heavy (non-hydrogen) atoms. The van der Waals surface area contributed by atoms with Gasteiger partial charge in [0.25, 0.3) is 0 Å². The minimum atomic E-state index is -3.47. The molecule has 0 aromatic heterocycles. The van der Waals surface area contributed by atoms with E-state index >= 15 is 0 Å². The Kier molecular flexibility index (Phi) is 5.78. The third-order valence-electron chi connectivity index (χ3n) is 2.63. The van der Waals surface area contributed by atoms with Gasteiger partial charge in [-0.15, -0.1) is 0 Å². The molecule has 0 saturated heterocycles. The second-order valence-electron chi connectivity index (χ2n) is 4.23. The lowest BCUT2D eigenvalue weighted by Crippen LogP contribution is -2.32. The van der Waals surface area contributed by atoms with Gasteiger partial charge < -0.3 is 5.32 Å². The average molecular weight is 335 g/mol. The molecule has 0 fully saturated rings. The van der Waals surface area contributed by atoms with E-state index < -0.39 is 10.0 Å². The quantitative estimate of drug-likeness (QED) is 0.838. The van der Waals surface area contributed by atoms with E-state index in [2.05, 4.69) is 26.0 Å². The fourth-order valence-corrected chi connectivity index (χ4v) is 3.82. The standard InChI is InChI=1S/C12H19BrN2O2S/c1-4-9(2)15-18(16,17)12-7-10(8-14-3)5-6-11(12)13/h5-7,9,14-15H,4,8H2,1-3H3. The van der Waals surface area contributed by atoms with Crippen LogP contribution < -0.4 is 10.0 Å². The molecular weight excluding hydrogens is 316 g/mol. The van der Waals surface area contributed by atoms with Gasteiger partial charge in [-0.2, -0.15) is 0 Å². The van der Waals surface area contributed by atoms with Crippen LogP contribution in [0.1, 0.15) is 25.8 Å². The molecule has 1 aromatic rings. The molecule has 0 saturated carbocycles. The minimum absolute atomic E-state index is 0.0742. The van der Waals surface area contributed by atoms with Crippen molar-refractivity contribution < 1.29 is 8.42 Å². The van der Waals surface area contributed by atoms with Crippen molar-refractivity contribution in [1.29, 1.82) is 0 Å². The zero-order chi connectivity index (χ0) is 13.8. The van der Waals surface area contributed by atoms with Crippen LogP contribution in [-0.4, -0.2) is 21.5 Å². The Labute approximate surface area is 117 Å². The number of rotatable bonds is 6. The fraction of sp³-hybridized carbons (Fsp3) is 0.500. The Morgan fingerprint density at radius 2 is 2.06 bits per heavy atom. The second-order valence-corrected chi connectivity index (χ2v) is 6.76. The van der Waals surface area contributed by atoms with Gasteiger partial charge in [-0.25, -0.2) is 13.1 Å². The molecule has 4 nitrogen and oxygen atoms in total. The van der Waals surface area contributed by atoms with Gasteiger partial charge in [0, 0.05) is 17.1 Å². The van der Waals surface area contributed by atoms with E-state index in [9.17, 15) is 8.42 Å². The number of sulfonamides is 1. The number of hydrogen-bond donors (Lipinski definition) is 2. The van der Waals surface area contributed by atoms with Crippen molar-refractivity contribution in [3.63, 3.8) is 0 Å². The molecule has 0 amide bonds. The summed E-state index contributed by atoms with van der Waals surface area (Å²) in [5.74, 6) is 0. The SMILES string of the molecule is CCC(C)NS(=O)(=O)c1cc(CNC)ccc1Br. The fourth-order valence-electron chi connectivity index (χ4n) is 1.48. The van der Waals surface area contributed by atoms with Gasteiger partial charge in [0.15, 0.2) is 0 Å². The monoisotopic (exact) mass is 334 g/mol.